The van der Waals surface area contributed by atoms with Crippen LogP contribution in [0.15, 0.2) is 12.2 Å². The first kappa shape index (κ1) is 9.96. The van der Waals surface area contributed by atoms with E-state index in [1.807, 2.05) is 12.2 Å². The number of aliphatic carboxylic acids is 1. The Hall–Kier alpha value is -1.12. The number of aldehydes is 1. The number of carboxylic acid groups (broad SMARTS) is 1. The van der Waals surface area contributed by atoms with E-state index in [1.165, 1.54) is 0 Å². The zero-order chi connectivity index (χ0) is 9.68. The van der Waals surface area contributed by atoms with E-state index >= 15 is 0 Å². The highest BCUT2D eigenvalue weighted by atomic mass is 16.4. The molecule has 0 aliphatic heterocycles. The van der Waals surface area contributed by atoms with Crippen molar-refractivity contribution in [2.45, 2.75) is 25.7 Å². The van der Waals surface area contributed by atoms with Crippen molar-refractivity contribution in [3.05, 3.63) is 12.2 Å². The van der Waals surface area contributed by atoms with Crippen LogP contribution in [0.3, 0.4) is 0 Å². The number of carbonyl (C=O) groups is 2. The van der Waals surface area contributed by atoms with Crippen LogP contribution in [0.25, 0.3) is 0 Å². The molecule has 0 saturated carbocycles. The summed E-state index contributed by atoms with van der Waals surface area (Å²) in [5.74, 6) is -0.615. The second kappa shape index (κ2) is 4.80. The highest BCUT2D eigenvalue weighted by molar-refractivity contribution is 5.66. The number of hydrogen-bond donors (Lipinski definition) is 1. The zero-order valence-corrected chi connectivity index (χ0v) is 7.48. The van der Waals surface area contributed by atoms with Gasteiger partial charge in [-0.3, -0.25) is 4.79 Å². The van der Waals surface area contributed by atoms with Crippen LogP contribution in [0.5, 0.6) is 0 Å². The number of allylic oxidation sites excluding steroid dienone is 2. The molecule has 13 heavy (non-hydrogen) atoms. The van der Waals surface area contributed by atoms with Crippen LogP contribution in [0, 0.1) is 11.8 Å². The summed E-state index contributed by atoms with van der Waals surface area (Å²) in [6, 6.07) is 0. The van der Waals surface area contributed by atoms with Crippen LogP contribution in [0.4, 0.5) is 0 Å². The zero-order valence-electron chi connectivity index (χ0n) is 7.48. The van der Waals surface area contributed by atoms with Crippen LogP contribution in [0.1, 0.15) is 25.7 Å². The first-order valence-corrected chi connectivity index (χ1v) is 4.58. The predicted molar refractivity (Wildman–Crippen MR) is 48.3 cm³/mol. The van der Waals surface area contributed by atoms with Crippen LogP contribution in [0.2, 0.25) is 0 Å². The van der Waals surface area contributed by atoms with Crippen molar-refractivity contribution in [3.63, 3.8) is 0 Å². The minimum Gasteiger partial charge on any atom is -0.481 e. The largest absolute Gasteiger partial charge is 0.481 e. The van der Waals surface area contributed by atoms with Crippen molar-refractivity contribution in [1.82, 2.24) is 0 Å². The molecule has 1 aliphatic carbocycles. The van der Waals surface area contributed by atoms with E-state index < -0.39 is 5.97 Å². The van der Waals surface area contributed by atoms with Gasteiger partial charge in [0, 0.05) is 12.3 Å². The molecule has 1 aliphatic rings. The molecule has 0 aromatic carbocycles. The van der Waals surface area contributed by atoms with E-state index in [1.54, 1.807) is 0 Å². The summed E-state index contributed by atoms with van der Waals surface area (Å²) >= 11 is 0. The van der Waals surface area contributed by atoms with Gasteiger partial charge < -0.3 is 9.90 Å². The Balaban J connectivity index is 2.44. The Morgan fingerprint density at radius 3 is 3.00 bits per heavy atom. The van der Waals surface area contributed by atoms with Gasteiger partial charge in [-0.1, -0.05) is 12.2 Å². The molecule has 2 atom stereocenters. The SMILES string of the molecule is O=CC1CCC=CC1CCC(=O)O. The molecule has 0 aromatic heterocycles. The Morgan fingerprint density at radius 2 is 2.38 bits per heavy atom. The Morgan fingerprint density at radius 1 is 1.62 bits per heavy atom. The molecule has 72 valence electrons. The van der Waals surface area contributed by atoms with Gasteiger partial charge in [-0.2, -0.15) is 0 Å². The van der Waals surface area contributed by atoms with Crippen LogP contribution in [-0.2, 0) is 9.59 Å². The summed E-state index contributed by atoms with van der Waals surface area (Å²) in [7, 11) is 0. The summed E-state index contributed by atoms with van der Waals surface area (Å²) < 4.78 is 0. The van der Waals surface area contributed by atoms with Crippen molar-refractivity contribution in [2.75, 3.05) is 0 Å². The number of hydrogen-bond acceptors (Lipinski definition) is 2. The van der Waals surface area contributed by atoms with Gasteiger partial charge in [-0.25, -0.2) is 0 Å². The fraction of sp³-hybridized carbons (Fsp3) is 0.600. The van der Waals surface area contributed by atoms with Crippen LogP contribution in [-0.4, -0.2) is 17.4 Å². The highest BCUT2D eigenvalue weighted by Gasteiger charge is 2.21. The van der Waals surface area contributed by atoms with E-state index in [0.29, 0.717) is 6.42 Å². The van der Waals surface area contributed by atoms with Crippen molar-refractivity contribution < 1.29 is 14.7 Å². The molecule has 0 fully saturated rings. The van der Waals surface area contributed by atoms with Crippen molar-refractivity contribution >= 4 is 12.3 Å². The molecule has 1 N–H and O–H groups in total. The average molecular weight is 182 g/mol. The van der Waals surface area contributed by atoms with E-state index in [0.717, 1.165) is 19.1 Å². The Labute approximate surface area is 77.4 Å². The quantitative estimate of drug-likeness (QED) is 0.531. The molecule has 0 bridgehead atoms. The lowest BCUT2D eigenvalue weighted by molar-refractivity contribution is -0.137. The maximum absolute atomic E-state index is 10.6. The maximum Gasteiger partial charge on any atom is 0.303 e. The third-order valence-electron chi connectivity index (χ3n) is 2.47. The minimum atomic E-state index is -0.788. The van der Waals surface area contributed by atoms with Gasteiger partial charge in [-0.15, -0.1) is 0 Å². The van der Waals surface area contributed by atoms with Gasteiger partial charge >= 0.3 is 5.97 Å². The molecule has 2 unspecified atom stereocenters. The van der Waals surface area contributed by atoms with Gasteiger partial charge in [0.15, 0.2) is 0 Å². The Kier molecular flexibility index (Phi) is 3.68. The van der Waals surface area contributed by atoms with Gasteiger partial charge in [0.2, 0.25) is 0 Å². The first-order valence-electron chi connectivity index (χ1n) is 4.58. The Bertz CT molecular complexity index is 220. The van der Waals surface area contributed by atoms with E-state index in [4.69, 9.17) is 5.11 Å². The molecule has 0 aromatic rings. The van der Waals surface area contributed by atoms with E-state index in [2.05, 4.69) is 0 Å². The molecule has 0 saturated heterocycles. The van der Waals surface area contributed by atoms with Gasteiger partial charge in [0.25, 0.3) is 0 Å². The molecule has 3 heteroatoms. The minimum absolute atomic E-state index is 0.0318. The van der Waals surface area contributed by atoms with E-state index in [9.17, 15) is 9.59 Å². The summed E-state index contributed by atoms with van der Waals surface area (Å²) in [6.07, 6.45) is 7.50. The third kappa shape index (κ3) is 3.01. The number of carbonyl (C=O) groups excluding carboxylic acids is 1. The average Bonchev–Trinajstić information content (AvgIpc) is 2.15. The number of carboxylic acids is 1. The molecule has 0 radical (unpaired) electrons. The lowest BCUT2D eigenvalue weighted by Gasteiger charge is -2.21. The van der Waals surface area contributed by atoms with Gasteiger partial charge in [0.05, 0.1) is 0 Å². The van der Waals surface area contributed by atoms with Crippen molar-refractivity contribution in [3.8, 4) is 0 Å². The second-order valence-corrected chi connectivity index (χ2v) is 3.40. The topological polar surface area (TPSA) is 54.4 Å². The molecular weight excluding hydrogens is 168 g/mol. The van der Waals surface area contributed by atoms with Crippen LogP contribution >= 0.6 is 0 Å². The molecular formula is C10H14O3. The smallest absolute Gasteiger partial charge is 0.303 e. The summed E-state index contributed by atoms with van der Waals surface area (Å²) in [4.78, 5) is 21.0. The normalized spacial score (nSPS) is 27.1. The monoisotopic (exact) mass is 182 g/mol. The first-order chi connectivity index (χ1) is 6.24. The lowest BCUT2D eigenvalue weighted by Crippen LogP contribution is -2.18. The van der Waals surface area contributed by atoms with E-state index in [-0.39, 0.29) is 18.3 Å². The van der Waals surface area contributed by atoms with Gasteiger partial charge in [0.1, 0.15) is 6.29 Å². The predicted octanol–water partition coefficient (Wildman–Crippen LogP) is 1.63. The molecule has 3 nitrogen and oxygen atoms in total. The standard InChI is InChI=1S/C10H14O3/c11-7-9-4-2-1-3-8(9)5-6-10(12)13/h1,3,7-9H,2,4-6H2,(H,12,13). The summed E-state index contributed by atoms with van der Waals surface area (Å²) in [6.45, 7) is 0. The van der Waals surface area contributed by atoms with Crippen LogP contribution < -0.4 is 0 Å². The number of rotatable bonds is 4. The third-order valence-corrected chi connectivity index (χ3v) is 2.47. The molecule has 0 amide bonds. The lowest BCUT2D eigenvalue weighted by atomic mass is 9.82. The fourth-order valence-electron chi connectivity index (χ4n) is 1.69. The molecule has 0 spiro atoms. The van der Waals surface area contributed by atoms with Crippen molar-refractivity contribution in [2.24, 2.45) is 11.8 Å². The molecule has 0 heterocycles. The fourth-order valence-corrected chi connectivity index (χ4v) is 1.69. The van der Waals surface area contributed by atoms with Crippen molar-refractivity contribution in [1.29, 1.82) is 0 Å². The summed E-state index contributed by atoms with van der Waals surface area (Å²) in [5, 5.41) is 8.49. The summed E-state index contributed by atoms with van der Waals surface area (Å²) in [5.41, 5.74) is 0. The highest BCUT2D eigenvalue weighted by Crippen LogP contribution is 2.26. The second-order valence-electron chi connectivity index (χ2n) is 3.40. The maximum atomic E-state index is 10.6. The molecule has 1 rings (SSSR count). The van der Waals surface area contributed by atoms with Gasteiger partial charge in [-0.05, 0) is 25.2 Å².